The maximum Gasteiger partial charge on any atom is 0.416 e. The fraction of sp³-hybridized carbons (Fsp3) is 0.462. The largest absolute Gasteiger partial charge is 0.416 e. The first-order valence-corrected chi connectivity index (χ1v) is 14.1. The summed E-state index contributed by atoms with van der Waals surface area (Å²) in [7, 11) is -3.95. The fourth-order valence-corrected chi connectivity index (χ4v) is 4.87. The molecule has 1 unspecified atom stereocenters. The Bertz CT molecular complexity index is 1190. The Morgan fingerprint density at radius 1 is 1.05 bits per heavy atom. The maximum absolute atomic E-state index is 13.4. The van der Waals surface area contributed by atoms with Crippen LogP contribution in [-0.2, 0) is 32.3 Å². The van der Waals surface area contributed by atoms with Crippen LogP contribution in [-0.4, -0.2) is 50.5 Å². The maximum atomic E-state index is 13.4. The van der Waals surface area contributed by atoms with Gasteiger partial charge in [-0.3, -0.25) is 13.9 Å². The van der Waals surface area contributed by atoms with E-state index in [9.17, 15) is 35.6 Å². The van der Waals surface area contributed by atoms with E-state index in [-0.39, 0.29) is 37.5 Å². The summed E-state index contributed by atoms with van der Waals surface area (Å²) in [5.41, 5.74) is -0.555. The predicted molar refractivity (Wildman–Crippen MR) is 137 cm³/mol. The summed E-state index contributed by atoms with van der Waals surface area (Å²) in [5.74, 6) is -1.23. The molecule has 0 aliphatic rings. The highest BCUT2D eigenvalue weighted by Crippen LogP contribution is 2.32. The lowest BCUT2D eigenvalue weighted by Gasteiger charge is -2.31. The summed E-state index contributed by atoms with van der Waals surface area (Å²) < 4.78 is 78.4. The Kier molecular flexibility index (Phi) is 11.1. The molecular formula is C26H33F4N3O4S. The van der Waals surface area contributed by atoms with Crippen molar-refractivity contribution < 1.29 is 35.6 Å². The van der Waals surface area contributed by atoms with Crippen molar-refractivity contribution in [1.29, 1.82) is 0 Å². The number of nitrogens with one attached hydrogen (secondary N) is 1. The SMILES string of the molecule is CCCNC(=O)C(CC)N(Cc1ccc(F)cc1)C(=O)CCCN(c1cccc(C(F)(F)F)c1)S(C)(=O)=O. The Morgan fingerprint density at radius 3 is 2.26 bits per heavy atom. The molecule has 0 aromatic heterocycles. The van der Waals surface area contributed by atoms with Crippen molar-refractivity contribution in [2.45, 2.75) is 58.3 Å². The first-order chi connectivity index (χ1) is 17.8. The lowest BCUT2D eigenvalue weighted by atomic mass is 10.1. The van der Waals surface area contributed by atoms with Gasteiger partial charge in [-0.2, -0.15) is 13.2 Å². The van der Waals surface area contributed by atoms with E-state index in [1.54, 1.807) is 6.92 Å². The molecule has 0 spiro atoms. The average Bonchev–Trinajstić information content (AvgIpc) is 2.85. The molecule has 210 valence electrons. The van der Waals surface area contributed by atoms with E-state index in [0.717, 1.165) is 28.8 Å². The van der Waals surface area contributed by atoms with Crippen molar-refractivity contribution in [1.82, 2.24) is 10.2 Å². The minimum Gasteiger partial charge on any atom is -0.354 e. The van der Waals surface area contributed by atoms with Crippen molar-refractivity contribution in [3.05, 3.63) is 65.5 Å². The summed E-state index contributed by atoms with van der Waals surface area (Å²) in [6, 6.07) is 8.65. The number of halogens is 4. The number of amides is 2. The number of sulfonamides is 1. The number of carbonyl (C=O) groups is 2. The number of anilines is 1. The van der Waals surface area contributed by atoms with Gasteiger partial charge in [-0.25, -0.2) is 12.8 Å². The quantitative estimate of drug-likeness (QED) is 0.360. The first-order valence-electron chi connectivity index (χ1n) is 12.2. The second-order valence-electron chi connectivity index (χ2n) is 8.85. The van der Waals surface area contributed by atoms with Crippen molar-refractivity contribution in [2.75, 3.05) is 23.7 Å². The zero-order valence-corrected chi connectivity index (χ0v) is 22.4. The smallest absolute Gasteiger partial charge is 0.354 e. The molecule has 0 radical (unpaired) electrons. The number of hydrogen-bond acceptors (Lipinski definition) is 4. The molecule has 2 aromatic rings. The van der Waals surface area contributed by atoms with Gasteiger partial charge in [0.25, 0.3) is 0 Å². The Balaban J connectivity index is 2.24. The van der Waals surface area contributed by atoms with Crippen LogP contribution in [0.1, 0.15) is 50.7 Å². The van der Waals surface area contributed by atoms with E-state index in [0.29, 0.717) is 24.9 Å². The van der Waals surface area contributed by atoms with Gasteiger partial charge in [0.15, 0.2) is 0 Å². The third-order valence-corrected chi connectivity index (χ3v) is 7.01. The van der Waals surface area contributed by atoms with Crippen LogP contribution in [0.15, 0.2) is 48.5 Å². The number of carbonyl (C=O) groups excluding carboxylic acids is 2. The molecule has 0 aliphatic carbocycles. The van der Waals surface area contributed by atoms with E-state index in [4.69, 9.17) is 0 Å². The van der Waals surface area contributed by atoms with Crippen molar-refractivity contribution in [2.24, 2.45) is 0 Å². The van der Waals surface area contributed by atoms with E-state index >= 15 is 0 Å². The second-order valence-corrected chi connectivity index (χ2v) is 10.8. The van der Waals surface area contributed by atoms with Crippen LogP contribution >= 0.6 is 0 Å². The number of rotatable bonds is 13. The number of hydrogen-bond donors (Lipinski definition) is 1. The minimum absolute atomic E-state index is 0.00488. The normalized spacial score (nSPS) is 12.6. The van der Waals surface area contributed by atoms with Gasteiger partial charge in [-0.15, -0.1) is 0 Å². The number of benzene rings is 2. The molecule has 12 heteroatoms. The lowest BCUT2D eigenvalue weighted by Crippen LogP contribution is -2.49. The third kappa shape index (κ3) is 9.00. The Morgan fingerprint density at radius 2 is 1.71 bits per heavy atom. The van der Waals surface area contributed by atoms with Gasteiger partial charge in [0.05, 0.1) is 17.5 Å². The van der Waals surface area contributed by atoms with Gasteiger partial charge < -0.3 is 10.2 Å². The molecule has 0 fully saturated rings. The van der Waals surface area contributed by atoms with Crippen LogP contribution in [0.4, 0.5) is 23.2 Å². The molecule has 0 aliphatic heterocycles. The first kappa shape index (κ1) is 31.1. The molecule has 7 nitrogen and oxygen atoms in total. The highest BCUT2D eigenvalue weighted by atomic mass is 32.2. The van der Waals surface area contributed by atoms with Gasteiger partial charge in [-0.05, 0) is 55.2 Å². The van der Waals surface area contributed by atoms with Crippen molar-refractivity contribution in [3.8, 4) is 0 Å². The third-order valence-electron chi connectivity index (χ3n) is 5.81. The van der Waals surface area contributed by atoms with Gasteiger partial charge in [0, 0.05) is 26.1 Å². The molecule has 38 heavy (non-hydrogen) atoms. The summed E-state index contributed by atoms with van der Waals surface area (Å²) >= 11 is 0. The molecule has 0 bridgehead atoms. The zero-order chi connectivity index (χ0) is 28.5. The molecular weight excluding hydrogens is 526 g/mol. The van der Waals surface area contributed by atoms with Crippen LogP contribution in [0.3, 0.4) is 0 Å². The Labute approximate surface area is 220 Å². The molecule has 1 N–H and O–H groups in total. The van der Waals surface area contributed by atoms with Crippen molar-refractivity contribution in [3.63, 3.8) is 0 Å². The molecule has 0 saturated carbocycles. The fourth-order valence-electron chi connectivity index (χ4n) is 3.91. The molecule has 2 rings (SSSR count). The van der Waals surface area contributed by atoms with Gasteiger partial charge in [0.2, 0.25) is 21.8 Å². The van der Waals surface area contributed by atoms with E-state index in [1.165, 1.54) is 35.2 Å². The van der Waals surface area contributed by atoms with Crippen LogP contribution in [0.25, 0.3) is 0 Å². The number of alkyl halides is 3. The van der Waals surface area contributed by atoms with Crippen LogP contribution in [0, 0.1) is 5.82 Å². The summed E-state index contributed by atoms with van der Waals surface area (Å²) in [6.07, 6.45) is -2.93. The lowest BCUT2D eigenvalue weighted by molar-refractivity contribution is -0.141. The standard InChI is InChI=1S/C26H33F4N3O4S/c1-4-15-31-25(35)23(5-2)32(18-19-11-13-21(27)14-12-19)24(34)10-7-16-33(38(3,36)37)22-9-6-8-20(17-22)26(28,29)30/h6,8-9,11-14,17,23H,4-5,7,10,15-16,18H2,1-3H3,(H,31,35). The summed E-state index contributed by atoms with van der Waals surface area (Å²) in [6.45, 7) is 3.85. The zero-order valence-electron chi connectivity index (χ0n) is 21.6. The topological polar surface area (TPSA) is 86.8 Å². The summed E-state index contributed by atoms with van der Waals surface area (Å²) in [4.78, 5) is 27.5. The molecule has 0 saturated heterocycles. The van der Waals surface area contributed by atoms with Crippen molar-refractivity contribution >= 4 is 27.5 Å². The second kappa shape index (κ2) is 13.6. The van der Waals surface area contributed by atoms with Gasteiger partial charge >= 0.3 is 6.18 Å². The van der Waals surface area contributed by atoms with E-state index in [1.807, 2.05) is 6.92 Å². The molecule has 2 aromatic carbocycles. The molecule has 2 amide bonds. The van der Waals surface area contributed by atoms with Crippen LogP contribution < -0.4 is 9.62 Å². The van der Waals surface area contributed by atoms with Crippen LogP contribution in [0.5, 0.6) is 0 Å². The monoisotopic (exact) mass is 559 g/mol. The highest BCUT2D eigenvalue weighted by Gasteiger charge is 2.32. The van der Waals surface area contributed by atoms with Gasteiger partial charge in [0.1, 0.15) is 11.9 Å². The molecule has 1 atom stereocenters. The predicted octanol–water partition coefficient (Wildman–Crippen LogP) is 4.72. The summed E-state index contributed by atoms with van der Waals surface area (Å²) in [5, 5.41) is 2.77. The Hall–Kier alpha value is -3.15. The van der Waals surface area contributed by atoms with Gasteiger partial charge in [-0.1, -0.05) is 32.0 Å². The van der Waals surface area contributed by atoms with E-state index in [2.05, 4.69) is 5.32 Å². The average molecular weight is 560 g/mol. The van der Waals surface area contributed by atoms with E-state index < -0.39 is 39.5 Å². The molecule has 0 heterocycles. The van der Waals surface area contributed by atoms with Crippen LogP contribution in [0.2, 0.25) is 0 Å². The number of nitrogens with zero attached hydrogens (tertiary/aromatic N) is 2. The minimum atomic E-state index is -4.65. The highest BCUT2D eigenvalue weighted by molar-refractivity contribution is 7.92.